The number of aliphatic hydroxyl groups is 1. The summed E-state index contributed by atoms with van der Waals surface area (Å²) < 4.78 is 10.8. The molecule has 0 aromatic heterocycles. The van der Waals surface area contributed by atoms with Crippen LogP contribution in [0.4, 0.5) is 0 Å². The van der Waals surface area contributed by atoms with Crippen LogP contribution in [0, 0.1) is 0 Å². The second kappa shape index (κ2) is 72.6. The van der Waals surface area contributed by atoms with Gasteiger partial charge in [0.15, 0.2) is 6.10 Å². The van der Waals surface area contributed by atoms with Crippen molar-refractivity contribution >= 4 is 11.9 Å². The van der Waals surface area contributed by atoms with Crippen molar-refractivity contribution < 1.29 is 24.2 Å². The standard InChI is InChI=1S/C76H146O5/c1-3-5-7-9-11-13-15-17-19-21-23-25-27-29-31-32-33-34-35-36-37-38-39-40-41-42-43-44-45-47-49-51-53-55-57-59-61-63-65-67-69-71-76(79)81-74(72-77)73-80-75(78)70-68-66-64-62-60-58-56-54-52-50-48-46-30-28-26-24-22-20-18-16-14-12-10-8-6-4-2/h15,17,21,23,74,77H,3-14,16,18-20,22,24-73H2,1-2H3/b17-15-,23-21-. The van der Waals surface area contributed by atoms with Gasteiger partial charge in [0.05, 0.1) is 6.61 Å². The summed E-state index contributed by atoms with van der Waals surface area (Å²) in [6, 6.07) is 0. The molecule has 0 radical (unpaired) electrons. The molecule has 0 aliphatic carbocycles. The van der Waals surface area contributed by atoms with E-state index < -0.39 is 6.10 Å². The average molecular weight is 1140 g/mol. The van der Waals surface area contributed by atoms with Gasteiger partial charge in [-0.3, -0.25) is 9.59 Å². The van der Waals surface area contributed by atoms with Crippen molar-refractivity contribution in [2.24, 2.45) is 0 Å². The minimum absolute atomic E-state index is 0.0566. The Hall–Kier alpha value is -1.62. The summed E-state index contributed by atoms with van der Waals surface area (Å²) in [5.74, 6) is -0.560. The number of carbonyl (C=O) groups is 2. The van der Waals surface area contributed by atoms with E-state index in [-0.39, 0.29) is 25.2 Å². The molecule has 0 aliphatic heterocycles. The highest BCUT2D eigenvalue weighted by Gasteiger charge is 2.16. The summed E-state index contributed by atoms with van der Waals surface area (Å²) in [4.78, 5) is 24.7. The number of hydrogen-bond donors (Lipinski definition) is 1. The highest BCUT2D eigenvalue weighted by molar-refractivity contribution is 5.70. The fourth-order valence-corrected chi connectivity index (χ4v) is 11.9. The maximum atomic E-state index is 12.4. The molecule has 5 heteroatoms. The molecule has 0 spiro atoms. The maximum absolute atomic E-state index is 12.4. The molecule has 0 amide bonds. The van der Waals surface area contributed by atoms with Crippen LogP contribution in [-0.2, 0) is 19.1 Å². The lowest BCUT2D eigenvalue weighted by molar-refractivity contribution is -0.161. The van der Waals surface area contributed by atoms with E-state index in [1.165, 1.54) is 366 Å². The largest absolute Gasteiger partial charge is 0.462 e. The number of allylic oxidation sites excluding steroid dienone is 4. The average Bonchev–Trinajstić information content (AvgIpc) is 3.47. The summed E-state index contributed by atoms with van der Waals surface area (Å²) in [6.45, 7) is 4.21. The van der Waals surface area contributed by atoms with Crippen LogP contribution in [0.3, 0.4) is 0 Å². The van der Waals surface area contributed by atoms with E-state index in [2.05, 4.69) is 38.2 Å². The Bertz CT molecular complexity index is 1240. The number of hydrogen-bond acceptors (Lipinski definition) is 5. The van der Waals surface area contributed by atoms with E-state index in [0.29, 0.717) is 12.8 Å². The Kier molecular flexibility index (Phi) is 71.2. The first-order valence-electron chi connectivity index (χ1n) is 37.4. The van der Waals surface area contributed by atoms with Crippen molar-refractivity contribution in [3.8, 4) is 0 Å². The summed E-state index contributed by atoms with van der Waals surface area (Å²) in [6.07, 6.45) is 95.4. The molecule has 0 aliphatic rings. The van der Waals surface area contributed by atoms with E-state index in [4.69, 9.17) is 9.47 Å². The smallest absolute Gasteiger partial charge is 0.306 e. The molecule has 0 fully saturated rings. The van der Waals surface area contributed by atoms with E-state index in [0.717, 1.165) is 38.5 Å². The van der Waals surface area contributed by atoms with Gasteiger partial charge in [-0.2, -0.15) is 0 Å². The quantitative estimate of drug-likeness (QED) is 0.0373. The molecule has 1 atom stereocenters. The summed E-state index contributed by atoms with van der Waals surface area (Å²) in [7, 11) is 0. The van der Waals surface area contributed by atoms with Crippen LogP contribution in [0.5, 0.6) is 0 Å². The predicted octanol–water partition coefficient (Wildman–Crippen LogP) is 25.9. The van der Waals surface area contributed by atoms with Gasteiger partial charge in [-0.25, -0.2) is 0 Å². The lowest BCUT2D eigenvalue weighted by atomic mass is 10.0. The van der Waals surface area contributed by atoms with Gasteiger partial charge < -0.3 is 14.6 Å². The monoisotopic (exact) mass is 1140 g/mol. The van der Waals surface area contributed by atoms with Crippen LogP contribution in [0.25, 0.3) is 0 Å². The molecular formula is C76H146O5. The van der Waals surface area contributed by atoms with Crippen LogP contribution in [0.1, 0.15) is 431 Å². The topological polar surface area (TPSA) is 72.8 Å². The minimum atomic E-state index is -0.767. The zero-order chi connectivity index (χ0) is 58.4. The second-order valence-electron chi connectivity index (χ2n) is 25.7. The highest BCUT2D eigenvalue weighted by Crippen LogP contribution is 2.20. The molecule has 81 heavy (non-hydrogen) atoms. The van der Waals surface area contributed by atoms with Crippen LogP contribution < -0.4 is 0 Å². The molecule has 0 bridgehead atoms. The van der Waals surface area contributed by atoms with Crippen LogP contribution in [-0.4, -0.2) is 36.4 Å². The van der Waals surface area contributed by atoms with Crippen molar-refractivity contribution in [1.82, 2.24) is 0 Å². The van der Waals surface area contributed by atoms with E-state index >= 15 is 0 Å². The zero-order valence-corrected chi connectivity index (χ0v) is 55.3. The molecule has 1 N–H and O–H groups in total. The number of unbranched alkanes of at least 4 members (excludes halogenated alkanes) is 59. The number of aliphatic hydroxyl groups excluding tert-OH is 1. The third-order valence-corrected chi connectivity index (χ3v) is 17.5. The number of ether oxygens (including phenoxy) is 2. The first-order valence-corrected chi connectivity index (χ1v) is 37.4. The molecule has 0 aromatic carbocycles. The molecule has 1 unspecified atom stereocenters. The third kappa shape index (κ3) is 70.8. The molecule has 480 valence electrons. The van der Waals surface area contributed by atoms with Gasteiger partial charge in [-0.15, -0.1) is 0 Å². The Morgan fingerprint density at radius 3 is 0.728 bits per heavy atom. The van der Waals surface area contributed by atoms with E-state index in [1.807, 2.05) is 0 Å². The lowest BCUT2D eigenvalue weighted by Gasteiger charge is -2.15. The van der Waals surface area contributed by atoms with Crippen molar-refractivity contribution in [2.75, 3.05) is 13.2 Å². The summed E-state index contributed by atoms with van der Waals surface area (Å²) in [5, 5.41) is 9.71. The molecule has 0 aromatic rings. The molecule has 5 nitrogen and oxygen atoms in total. The summed E-state index contributed by atoms with van der Waals surface area (Å²) >= 11 is 0. The Morgan fingerprint density at radius 2 is 0.494 bits per heavy atom. The third-order valence-electron chi connectivity index (χ3n) is 17.5. The van der Waals surface area contributed by atoms with Crippen molar-refractivity contribution in [1.29, 1.82) is 0 Å². The maximum Gasteiger partial charge on any atom is 0.306 e. The second-order valence-corrected chi connectivity index (χ2v) is 25.7. The summed E-state index contributed by atoms with van der Waals surface area (Å²) in [5.41, 5.74) is 0. The van der Waals surface area contributed by atoms with Gasteiger partial charge in [0, 0.05) is 12.8 Å². The molecular weight excluding hydrogens is 993 g/mol. The molecule has 0 saturated carbocycles. The van der Waals surface area contributed by atoms with Crippen LogP contribution >= 0.6 is 0 Å². The normalized spacial score (nSPS) is 12.2. The van der Waals surface area contributed by atoms with Crippen molar-refractivity contribution in [3.63, 3.8) is 0 Å². The van der Waals surface area contributed by atoms with Crippen molar-refractivity contribution in [2.45, 2.75) is 437 Å². The van der Waals surface area contributed by atoms with E-state index in [9.17, 15) is 14.7 Å². The Labute approximate surface area is 508 Å². The van der Waals surface area contributed by atoms with Crippen LogP contribution in [0.2, 0.25) is 0 Å². The lowest BCUT2D eigenvalue weighted by Crippen LogP contribution is -2.28. The first kappa shape index (κ1) is 79.4. The van der Waals surface area contributed by atoms with Gasteiger partial charge in [0.25, 0.3) is 0 Å². The van der Waals surface area contributed by atoms with Crippen molar-refractivity contribution in [3.05, 3.63) is 24.3 Å². The number of carbonyl (C=O) groups excluding carboxylic acids is 2. The van der Waals surface area contributed by atoms with Gasteiger partial charge in [0.2, 0.25) is 0 Å². The SMILES string of the molecule is CCCCCCC/C=C\C/C=C\CCCCCCCCCCCCCCCCCCCCCCCCCCCCCCCC(=O)OC(CO)COC(=O)CCCCCCCCCCCCCCCCCCCCCCCCCCCC. The molecule has 0 heterocycles. The Morgan fingerprint density at radius 1 is 0.284 bits per heavy atom. The first-order chi connectivity index (χ1) is 40.1. The molecule has 0 saturated heterocycles. The number of rotatable bonds is 71. The van der Waals surface area contributed by atoms with Gasteiger partial charge >= 0.3 is 11.9 Å². The van der Waals surface area contributed by atoms with E-state index in [1.54, 1.807) is 0 Å². The predicted molar refractivity (Wildman–Crippen MR) is 358 cm³/mol. The van der Waals surface area contributed by atoms with Gasteiger partial charge in [-0.05, 0) is 44.9 Å². The number of esters is 2. The highest BCUT2D eigenvalue weighted by atomic mass is 16.6. The molecule has 0 rings (SSSR count). The fraction of sp³-hybridized carbons (Fsp3) is 0.921. The van der Waals surface area contributed by atoms with Crippen LogP contribution in [0.15, 0.2) is 24.3 Å². The van der Waals surface area contributed by atoms with Gasteiger partial charge in [0.1, 0.15) is 6.61 Å². The Balaban J connectivity index is 3.34. The zero-order valence-electron chi connectivity index (χ0n) is 55.3. The fourth-order valence-electron chi connectivity index (χ4n) is 11.9. The van der Waals surface area contributed by atoms with Gasteiger partial charge in [-0.1, -0.05) is 398 Å². The minimum Gasteiger partial charge on any atom is -0.462 e.